The van der Waals surface area contributed by atoms with Crippen LogP contribution in [-0.4, -0.2) is 44.3 Å². The van der Waals surface area contributed by atoms with Crippen LogP contribution in [0.25, 0.3) is 0 Å². The first kappa shape index (κ1) is 14.9. The highest BCUT2D eigenvalue weighted by molar-refractivity contribution is 7.89. The zero-order valence-corrected chi connectivity index (χ0v) is 12.3. The molecular formula is C12H25NO3S. The molecule has 0 aromatic carbocycles. The van der Waals surface area contributed by atoms with Gasteiger partial charge in [-0.1, -0.05) is 13.8 Å². The van der Waals surface area contributed by atoms with Crippen molar-refractivity contribution in [1.82, 2.24) is 4.31 Å². The second-order valence-corrected chi connectivity index (χ2v) is 7.42. The molecular weight excluding hydrogens is 238 g/mol. The van der Waals surface area contributed by atoms with Crippen LogP contribution in [0.15, 0.2) is 0 Å². The number of sulfonamides is 1. The largest absolute Gasteiger partial charge is 0.381 e. The number of hydrogen-bond donors (Lipinski definition) is 0. The van der Waals surface area contributed by atoms with Gasteiger partial charge in [-0.3, -0.25) is 0 Å². The normalized spacial score (nSPS) is 33.6. The van der Waals surface area contributed by atoms with Crippen molar-refractivity contribution in [2.24, 2.45) is 11.8 Å². The average molecular weight is 263 g/mol. The molecule has 0 amide bonds. The Labute approximate surface area is 105 Å². The molecule has 0 spiro atoms. The van der Waals surface area contributed by atoms with Gasteiger partial charge in [0.15, 0.2) is 0 Å². The molecule has 1 heterocycles. The van der Waals surface area contributed by atoms with Crippen molar-refractivity contribution in [3.05, 3.63) is 0 Å². The lowest BCUT2D eigenvalue weighted by Crippen LogP contribution is -2.50. The first-order chi connectivity index (χ1) is 7.77. The van der Waals surface area contributed by atoms with Crippen molar-refractivity contribution in [1.29, 1.82) is 0 Å². The third-order valence-corrected chi connectivity index (χ3v) is 5.84. The van der Waals surface area contributed by atoms with E-state index in [4.69, 9.17) is 4.74 Å². The Kier molecular flexibility index (Phi) is 4.98. The maximum absolute atomic E-state index is 12.3. The minimum Gasteiger partial charge on any atom is -0.381 e. The molecule has 1 aliphatic rings. The number of piperidine rings is 1. The Morgan fingerprint density at radius 1 is 1.35 bits per heavy atom. The third kappa shape index (κ3) is 3.66. The van der Waals surface area contributed by atoms with Crippen molar-refractivity contribution >= 4 is 10.0 Å². The van der Waals surface area contributed by atoms with Crippen molar-refractivity contribution in [3.8, 4) is 0 Å². The molecule has 1 fully saturated rings. The van der Waals surface area contributed by atoms with E-state index in [0.29, 0.717) is 18.4 Å². The van der Waals surface area contributed by atoms with Crippen LogP contribution in [0.2, 0.25) is 0 Å². The second kappa shape index (κ2) is 5.67. The number of nitrogens with zero attached hydrogens (tertiary/aromatic N) is 1. The summed E-state index contributed by atoms with van der Waals surface area (Å²) in [5, 5.41) is 0. The number of methoxy groups -OCH3 is 1. The molecule has 0 aromatic heterocycles. The van der Waals surface area contributed by atoms with Crippen molar-refractivity contribution < 1.29 is 13.2 Å². The van der Waals surface area contributed by atoms with Crippen LogP contribution < -0.4 is 0 Å². The van der Waals surface area contributed by atoms with E-state index < -0.39 is 10.0 Å². The molecule has 1 saturated heterocycles. The van der Waals surface area contributed by atoms with Crippen LogP contribution in [-0.2, 0) is 14.8 Å². The van der Waals surface area contributed by atoms with Gasteiger partial charge < -0.3 is 4.74 Å². The van der Waals surface area contributed by atoms with Crippen LogP contribution in [0.1, 0.15) is 34.1 Å². The molecule has 0 aliphatic carbocycles. The summed E-state index contributed by atoms with van der Waals surface area (Å²) in [6.45, 7) is 8.68. The van der Waals surface area contributed by atoms with E-state index in [0.717, 1.165) is 6.42 Å². The molecule has 4 atom stereocenters. The minimum atomic E-state index is -3.20. The van der Waals surface area contributed by atoms with Gasteiger partial charge in [0.05, 0.1) is 11.9 Å². The molecule has 1 rings (SSSR count). The van der Waals surface area contributed by atoms with Gasteiger partial charge in [0, 0.05) is 19.7 Å². The zero-order chi connectivity index (χ0) is 13.2. The van der Waals surface area contributed by atoms with E-state index in [1.165, 1.54) is 0 Å². The topological polar surface area (TPSA) is 46.6 Å². The summed E-state index contributed by atoms with van der Waals surface area (Å²) >= 11 is 0. The van der Waals surface area contributed by atoms with Crippen LogP contribution in [0, 0.1) is 11.8 Å². The molecule has 102 valence electrons. The van der Waals surface area contributed by atoms with Crippen LogP contribution >= 0.6 is 0 Å². The molecule has 4 nitrogen and oxygen atoms in total. The quantitative estimate of drug-likeness (QED) is 0.776. The van der Waals surface area contributed by atoms with Gasteiger partial charge in [-0.15, -0.1) is 0 Å². The summed E-state index contributed by atoms with van der Waals surface area (Å²) in [6, 6.07) is 0.0975. The van der Waals surface area contributed by atoms with Crippen molar-refractivity contribution in [2.45, 2.75) is 46.3 Å². The molecule has 0 radical (unpaired) electrons. The molecule has 0 N–H and O–H groups in total. The molecule has 0 bridgehead atoms. The number of rotatable bonds is 4. The van der Waals surface area contributed by atoms with Gasteiger partial charge in [0.2, 0.25) is 10.0 Å². The van der Waals surface area contributed by atoms with Gasteiger partial charge in [-0.2, -0.15) is 4.31 Å². The lowest BCUT2D eigenvalue weighted by atomic mass is 9.88. The fraction of sp³-hybridized carbons (Fsp3) is 1.00. The lowest BCUT2D eigenvalue weighted by molar-refractivity contribution is 0.128. The van der Waals surface area contributed by atoms with Crippen molar-refractivity contribution in [3.63, 3.8) is 0 Å². The van der Waals surface area contributed by atoms with Crippen LogP contribution in [0.3, 0.4) is 0 Å². The van der Waals surface area contributed by atoms with E-state index >= 15 is 0 Å². The van der Waals surface area contributed by atoms with Gasteiger partial charge in [0.1, 0.15) is 0 Å². The standard InChI is InChI=1S/C12H25NO3S/c1-9-6-10(2)12(4)13(7-9)17(14,15)8-11(3)16-5/h9-12H,6-8H2,1-5H3/t9-,10+,11-,12-/m1/s1. The summed E-state index contributed by atoms with van der Waals surface area (Å²) in [4.78, 5) is 0. The summed E-state index contributed by atoms with van der Waals surface area (Å²) in [7, 11) is -1.65. The van der Waals surface area contributed by atoms with E-state index in [1.54, 1.807) is 18.3 Å². The maximum atomic E-state index is 12.3. The smallest absolute Gasteiger partial charge is 0.216 e. The summed E-state index contributed by atoms with van der Waals surface area (Å²) < 4.78 is 31.3. The Morgan fingerprint density at radius 2 is 1.94 bits per heavy atom. The maximum Gasteiger partial charge on any atom is 0.216 e. The highest BCUT2D eigenvalue weighted by Gasteiger charge is 2.36. The molecule has 0 unspecified atom stereocenters. The van der Waals surface area contributed by atoms with E-state index in [1.807, 2.05) is 6.92 Å². The minimum absolute atomic E-state index is 0.0767. The highest BCUT2D eigenvalue weighted by Crippen LogP contribution is 2.29. The molecule has 0 saturated carbocycles. The Hall–Kier alpha value is -0.130. The summed E-state index contributed by atoms with van der Waals surface area (Å²) in [5.74, 6) is 0.938. The Balaban J connectivity index is 2.82. The Morgan fingerprint density at radius 3 is 2.47 bits per heavy atom. The molecule has 5 heteroatoms. The van der Waals surface area contributed by atoms with Gasteiger partial charge in [-0.05, 0) is 32.1 Å². The number of ether oxygens (including phenoxy) is 1. The van der Waals surface area contributed by atoms with Crippen LogP contribution in [0.5, 0.6) is 0 Å². The van der Waals surface area contributed by atoms with Gasteiger partial charge >= 0.3 is 0 Å². The first-order valence-corrected chi connectivity index (χ1v) is 7.91. The van der Waals surface area contributed by atoms with Gasteiger partial charge in [-0.25, -0.2) is 8.42 Å². The zero-order valence-electron chi connectivity index (χ0n) is 11.5. The first-order valence-electron chi connectivity index (χ1n) is 6.30. The van der Waals surface area contributed by atoms with Crippen LogP contribution in [0.4, 0.5) is 0 Å². The fourth-order valence-corrected chi connectivity index (χ4v) is 4.61. The molecule has 0 aromatic rings. The SMILES string of the molecule is CO[C@H](C)CS(=O)(=O)N1C[C@H](C)C[C@H](C)[C@H]1C. The van der Waals surface area contributed by atoms with Crippen molar-refractivity contribution in [2.75, 3.05) is 19.4 Å². The fourth-order valence-electron chi connectivity index (χ4n) is 2.49. The predicted octanol–water partition coefficient (Wildman–Crippen LogP) is 1.72. The molecule has 17 heavy (non-hydrogen) atoms. The molecule has 1 aliphatic heterocycles. The van der Waals surface area contributed by atoms with E-state index in [-0.39, 0.29) is 17.9 Å². The second-order valence-electron chi connectivity index (χ2n) is 5.45. The van der Waals surface area contributed by atoms with E-state index in [9.17, 15) is 8.42 Å². The summed E-state index contributed by atoms with van der Waals surface area (Å²) in [5.41, 5.74) is 0. The summed E-state index contributed by atoms with van der Waals surface area (Å²) in [6.07, 6.45) is 0.854. The average Bonchev–Trinajstić information content (AvgIpc) is 2.22. The predicted molar refractivity (Wildman–Crippen MR) is 69.4 cm³/mol. The monoisotopic (exact) mass is 263 g/mol. The van der Waals surface area contributed by atoms with E-state index in [2.05, 4.69) is 13.8 Å². The highest BCUT2D eigenvalue weighted by atomic mass is 32.2. The van der Waals surface area contributed by atoms with Gasteiger partial charge in [0.25, 0.3) is 0 Å². The number of hydrogen-bond acceptors (Lipinski definition) is 3. The lowest BCUT2D eigenvalue weighted by Gasteiger charge is -2.40. The third-order valence-electron chi connectivity index (χ3n) is 3.75. The Bertz CT molecular complexity index is 342.